The molecule has 0 fully saturated rings. The zero-order valence-corrected chi connectivity index (χ0v) is 12.9. The van der Waals surface area contributed by atoms with Gasteiger partial charge in [-0.15, -0.1) is 0 Å². The molecule has 7 heteroatoms. The summed E-state index contributed by atoms with van der Waals surface area (Å²) < 4.78 is 31.7. The Kier molecular flexibility index (Phi) is 4.98. The van der Waals surface area contributed by atoms with Crippen LogP contribution < -0.4 is 10.0 Å². The number of benzene rings is 1. The number of nitrogens with zero attached hydrogens (tertiary/aromatic N) is 1. The lowest BCUT2D eigenvalue weighted by atomic mass is 10.3. The van der Waals surface area contributed by atoms with E-state index in [4.69, 9.17) is 4.42 Å². The van der Waals surface area contributed by atoms with Gasteiger partial charge in [-0.25, -0.2) is 18.1 Å². The average molecular weight is 309 g/mol. The minimum atomic E-state index is -3.41. The summed E-state index contributed by atoms with van der Waals surface area (Å²) >= 11 is 0. The van der Waals surface area contributed by atoms with Crippen molar-refractivity contribution in [3.05, 3.63) is 42.1 Å². The van der Waals surface area contributed by atoms with Crippen LogP contribution in [0.5, 0.6) is 0 Å². The molecule has 0 aliphatic carbocycles. The Morgan fingerprint density at radius 3 is 2.52 bits per heavy atom. The smallest absolute Gasteiger partial charge is 0.240 e. The van der Waals surface area contributed by atoms with Crippen molar-refractivity contribution >= 4 is 15.7 Å². The number of aryl methyl sites for hydroxylation is 1. The number of hydrogen-bond donors (Lipinski definition) is 2. The summed E-state index contributed by atoms with van der Waals surface area (Å²) in [5.74, 6) is 1.35. The molecule has 2 N–H and O–H groups in total. The summed E-state index contributed by atoms with van der Waals surface area (Å²) in [4.78, 5) is 4.34. The van der Waals surface area contributed by atoms with Gasteiger partial charge < -0.3 is 9.73 Å². The SMILES string of the molecule is CCCNS(=O)(=O)c1ccc(NCc2ncc(C)o2)cc1. The number of oxazole rings is 1. The monoisotopic (exact) mass is 309 g/mol. The van der Waals surface area contributed by atoms with Crippen LogP contribution in [0.2, 0.25) is 0 Å². The Bertz CT molecular complexity index is 678. The highest BCUT2D eigenvalue weighted by molar-refractivity contribution is 7.89. The van der Waals surface area contributed by atoms with E-state index >= 15 is 0 Å². The second-order valence-electron chi connectivity index (χ2n) is 4.64. The largest absolute Gasteiger partial charge is 0.444 e. The number of hydrogen-bond acceptors (Lipinski definition) is 5. The van der Waals surface area contributed by atoms with Gasteiger partial charge in [0, 0.05) is 12.2 Å². The fourth-order valence-corrected chi connectivity index (χ4v) is 2.87. The molecule has 21 heavy (non-hydrogen) atoms. The van der Waals surface area contributed by atoms with Crippen LogP contribution >= 0.6 is 0 Å². The van der Waals surface area contributed by atoms with Gasteiger partial charge in [-0.05, 0) is 37.6 Å². The van der Waals surface area contributed by atoms with Crippen molar-refractivity contribution in [2.75, 3.05) is 11.9 Å². The van der Waals surface area contributed by atoms with Gasteiger partial charge in [0.05, 0.1) is 17.6 Å². The van der Waals surface area contributed by atoms with Crippen molar-refractivity contribution in [2.24, 2.45) is 0 Å². The zero-order valence-electron chi connectivity index (χ0n) is 12.1. The molecule has 0 amide bonds. The van der Waals surface area contributed by atoms with Crippen molar-refractivity contribution in [1.82, 2.24) is 9.71 Å². The molecular weight excluding hydrogens is 290 g/mol. The van der Waals surface area contributed by atoms with E-state index in [-0.39, 0.29) is 4.90 Å². The number of rotatable bonds is 7. The maximum absolute atomic E-state index is 11.9. The van der Waals surface area contributed by atoms with E-state index in [0.717, 1.165) is 17.9 Å². The van der Waals surface area contributed by atoms with Crippen molar-refractivity contribution in [3.8, 4) is 0 Å². The Labute approximate surface area is 124 Å². The van der Waals surface area contributed by atoms with Crippen LogP contribution in [0.1, 0.15) is 25.0 Å². The second-order valence-corrected chi connectivity index (χ2v) is 6.41. The van der Waals surface area contributed by atoms with E-state index in [2.05, 4.69) is 15.0 Å². The fourth-order valence-electron chi connectivity index (χ4n) is 1.73. The first-order chi connectivity index (χ1) is 10.0. The van der Waals surface area contributed by atoms with Crippen molar-refractivity contribution < 1.29 is 12.8 Å². The molecule has 2 aromatic rings. The third kappa shape index (κ3) is 4.30. The molecule has 0 saturated carbocycles. The molecule has 0 saturated heterocycles. The van der Waals surface area contributed by atoms with Gasteiger partial charge in [0.1, 0.15) is 5.76 Å². The highest BCUT2D eigenvalue weighted by Gasteiger charge is 2.12. The van der Waals surface area contributed by atoms with E-state index < -0.39 is 10.0 Å². The standard InChI is InChI=1S/C14H19N3O3S/c1-3-8-17-21(18,19)13-6-4-12(5-7-13)15-10-14-16-9-11(2)20-14/h4-7,9,15,17H,3,8,10H2,1-2H3. The van der Waals surface area contributed by atoms with Crippen LogP contribution in [-0.4, -0.2) is 19.9 Å². The van der Waals surface area contributed by atoms with Gasteiger partial charge in [0.25, 0.3) is 0 Å². The predicted octanol–water partition coefficient (Wildman–Crippen LogP) is 2.28. The minimum absolute atomic E-state index is 0.258. The minimum Gasteiger partial charge on any atom is -0.444 e. The maximum Gasteiger partial charge on any atom is 0.240 e. The molecule has 0 atom stereocenters. The molecule has 0 spiro atoms. The molecule has 0 radical (unpaired) electrons. The fraction of sp³-hybridized carbons (Fsp3) is 0.357. The number of aromatic nitrogens is 1. The summed E-state index contributed by atoms with van der Waals surface area (Å²) in [6.07, 6.45) is 2.42. The molecule has 0 aliphatic rings. The normalized spacial score (nSPS) is 11.5. The van der Waals surface area contributed by atoms with Gasteiger partial charge in [-0.3, -0.25) is 0 Å². The highest BCUT2D eigenvalue weighted by atomic mass is 32.2. The predicted molar refractivity (Wildman–Crippen MR) is 80.5 cm³/mol. The van der Waals surface area contributed by atoms with Crippen molar-refractivity contribution in [1.29, 1.82) is 0 Å². The van der Waals surface area contributed by atoms with E-state index in [1.165, 1.54) is 0 Å². The first-order valence-electron chi connectivity index (χ1n) is 6.76. The molecule has 0 aliphatic heterocycles. The van der Waals surface area contributed by atoms with Crippen molar-refractivity contribution in [2.45, 2.75) is 31.7 Å². The van der Waals surface area contributed by atoms with E-state index in [1.54, 1.807) is 30.5 Å². The maximum atomic E-state index is 11.9. The molecule has 0 unspecified atom stereocenters. The van der Waals surface area contributed by atoms with Gasteiger partial charge >= 0.3 is 0 Å². The highest BCUT2D eigenvalue weighted by Crippen LogP contribution is 2.15. The number of sulfonamides is 1. The van der Waals surface area contributed by atoms with Gasteiger partial charge in [-0.2, -0.15) is 0 Å². The van der Waals surface area contributed by atoms with E-state index in [0.29, 0.717) is 19.0 Å². The lowest BCUT2D eigenvalue weighted by Gasteiger charge is -2.07. The van der Waals surface area contributed by atoms with Crippen LogP contribution in [0.25, 0.3) is 0 Å². The summed E-state index contributed by atoms with van der Waals surface area (Å²) in [6.45, 7) is 4.64. The Morgan fingerprint density at radius 1 is 1.24 bits per heavy atom. The van der Waals surface area contributed by atoms with E-state index in [1.807, 2.05) is 13.8 Å². The van der Waals surface area contributed by atoms with Gasteiger partial charge in [0.2, 0.25) is 15.9 Å². The summed E-state index contributed by atoms with van der Waals surface area (Å²) in [6, 6.07) is 6.58. The van der Waals surface area contributed by atoms with Gasteiger partial charge in [-0.1, -0.05) is 6.92 Å². The van der Waals surface area contributed by atoms with Crippen LogP contribution in [0.3, 0.4) is 0 Å². The Morgan fingerprint density at radius 2 is 1.95 bits per heavy atom. The van der Waals surface area contributed by atoms with Crippen LogP contribution in [0.15, 0.2) is 39.8 Å². The molecule has 1 aromatic carbocycles. The van der Waals surface area contributed by atoms with Gasteiger partial charge in [0.15, 0.2) is 0 Å². The summed E-state index contributed by atoms with van der Waals surface area (Å²) in [5.41, 5.74) is 0.806. The number of nitrogens with one attached hydrogen (secondary N) is 2. The molecule has 114 valence electrons. The Balaban J connectivity index is 1.98. The third-order valence-electron chi connectivity index (χ3n) is 2.82. The molecular formula is C14H19N3O3S. The quantitative estimate of drug-likeness (QED) is 0.819. The number of anilines is 1. The lowest BCUT2D eigenvalue weighted by molar-refractivity contribution is 0.479. The molecule has 6 nitrogen and oxygen atoms in total. The summed E-state index contributed by atoms with van der Waals surface area (Å²) in [7, 11) is -3.41. The lowest BCUT2D eigenvalue weighted by Crippen LogP contribution is -2.24. The average Bonchev–Trinajstić information content (AvgIpc) is 2.89. The second kappa shape index (κ2) is 6.73. The summed E-state index contributed by atoms with van der Waals surface area (Å²) in [5, 5.41) is 3.12. The Hall–Kier alpha value is -1.86. The van der Waals surface area contributed by atoms with Crippen LogP contribution in [0, 0.1) is 6.92 Å². The first kappa shape index (κ1) is 15.5. The van der Waals surface area contributed by atoms with E-state index in [9.17, 15) is 8.42 Å². The van der Waals surface area contributed by atoms with Crippen molar-refractivity contribution in [3.63, 3.8) is 0 Å². The molecule has 1 heterocycles. The first-order valence-corrected chi connectivity index (χ1v) is 8.24. The molecule has 0 bridgehead atoms. The third-order valence-corrected chi connectivity index (χ3v) is 4.30. The van der Waals surface area contributed by atoms with Crippen LogP contribution in [-0.2, 0) is 16.6 Å². The topological polar surface area (TPSA) is 84.2 Å². The van der Waals surface area contributed by atoms with Crippen LogP contribution in [0.4, 0.5) is 5.69 Å². The zero-order chi connectivity index (χ0) is 15.3. The molecule has 2 rings (SSSR count). The molecule has 1 aromatic heterocycles.